The van der Waals surface area contributed by atoms with Crippen LogP contribution in [0.4, 0.5) is 35.1 Å². The molecule has 0 N–H and O–H groups in total. The van der Waals surface area contributed by atoms with Gasteiger partial charge in [-0.05, 0) is 55.8 Å². The van der Waals surface area contributed by atoms with Gasteiger partial charge in [-0.15, -0.1) is 0 Å². The molecule has 2 aromatic heterocycles. The van der Waals surface area contributed by atoms with Crippen molar-refractivity contribution in [3.63, 3.8) is 0 Å². The van der Waals surface area contributed by atoms with Crippen LogP contribution in [0.1, 0.15) is 22.3 Å². The van der Waals surface area contributed by atoms with E-state index in [0.29, 0.717) is 22.6 Å². The Hall–Kier alpha value is -4.94. The number of halogens is 8. The standard InChI is InChI=1S/C18H14F4N2O.C18H14F4N2.Fe/c1-11-3-5-12(6-4-11)16-10-24(25)17(23(16)2)14-8-7-13(9-15(14)19)18(20,21)22;1-11-3-5-12(6-4-11)16-10-23-17(24(16)2)14-8-7-13(9-15(14)19)18(20,21)22;/h3-10H,1-2H3;3-10H,1-2H3;. The van der Waals surface area contributed by atoms with Gasteiger partial charge in [0.15, 0.2) is 5.69 Å². The molecular formula is C36H28F8FeN4O. The van der Waals surface area contributed by atoms with E-state index >= 15 is 0 Å². The Morgan fingerprint density at radius 1 is 0.620 bits per heavy atom. The van der Waals surface area contributed by atoms with Gasteiger partial charge in [-0.3, -0.25) is 0 Å². The van der Waals surface area contributed by atoms with Crippen LogP contribution in [-0.2, 0) is 43.5 Å². The smallest absolute Gasteiger partial charge is 0.416 e. The van der Waals surface area contributed by atoms with Crippen molar-refractivity contribution in [1.29, 1.82) is 0 Å². The van der Waals surface area contributed by atoms with Crippen LogP contribution in [0.2, 0.25) is 0 Å². The van der Waals surface area contributed by atoms with Gasteiger partial charge >= 0.3 is 12.4 Å². The summed E-state index contributed by atoms with van der Waals surface area (Å²) in [6.07, 6.45) is -6.36. The van der Waals surface area contributed by atoms with E-state index in [1.54, 1.807) is 24.9 Å². The number of aryl methyl sites for hydroxylation is 2. The molecule has 5 nitrogen and oxygen atoms in total. The summed E-state index contributed by atoms with van der Waals surface area (Å²) >= 11 is 0. The molecule has 0 spiro atoms. The zero-order valence-electron chi connectivity index (χ0n) is 26.8. The van der Waals surface area contributed by atoms with Crippen molar-refractivity contribution in [3.05, 3.63) is 136 Å². The molecule has 0 aliphatic heterocycles. The third-order valence-corrected chi connectivity index (χ3v) is 7.88. The maximum Gasteiger partial charge on any atom is 0.416 e. The molecule has 4 aromatic carbocycles. The summed E-state index contributed by atoms with van der Waals surface area (Å²) in [4.78, 5) is 4.18. The molecule has 0 radical (unpaired) electrons. The topological polar surface area (TPSA) is 49.7 Å². The van der Waals surface area contributed by atoms with Gasteiger partial charge in [-0.2, -0.15) is 26.3 Å². The second kappa shape index (κ2) is 14.5. The van der Waals surface area contributed by atoms with Crippen LogP contribution in [0, 0.1) is 30.7 Å². The number of rotatable bonds is 4. The molecule has 0 saturated carbocycles. The zero-order chi connectivity index (χ0) is 35.8. The molecule has 0 amide bonds. The molecule has 6 rings (SSSR count). The molecule has 0 bridgehead atoms. The fourth-order valence-electron chi connectivity index (χ4n) is 5.21. The van der Waals surface area contributed by atoms with Crippen LogP contribution in [0.5, 0.6) is 0 Å². The largest absolute Gasteiger partial charge is 0.710 e. The average molecular weight is 740 g/mol. The number of hydrogen-bond donors (Lipinski definition) is 0. The third-order valence-electron chi connectivity index (χ3n) is 7.88. The van der Waals surface area contributed by atoms with E-state index in [1.807, 2.05) is 62.4 Å². The Bertz CT molecular complexity index is 2120. The van der Waals surface area contributed by atoms with Gasteiger partial charge in [0, 0.05) is 29.7 Å². The van der Waals surface area contributed by atoms with Crippen molar-refractivity contribution < 1.29 is 56.9 Å². The van der Waals surface area contributed by atoms with Crippen LogP contribution < -0.4 is 4.73 Å². The maximum absolute atomic E-state index is 14.2. The van der Waals surface area contributed by atoms with E-state index in [0.717, 1.165) is 52.2 Å². The van der Waals surface area contributed by atoms with E-state index in [2.05, 4.69) is 4.98 Å². The Balaban J connectivity index is 0.000000220. The molecule has 14 heteroatoms. The summed E-state index contributed by atoms with van der Waals surface area (Å²) < 4.78 is 108. The fraction of sp³-hybridized carbons (Fsp3) is 0.167. The van der Waals surface area contributed by atoms with E-state index in [9.17, 15) is 40.3 Å². The molecule has 0 atom stereocenters. The van der Waals surface area contributed by atoms with E-state index in [1.165, 1.54) is 10.8 Å². The first-order valence-corrected chi connectivity index (χ1v) is 14.6. The van der Waals surface area contributed by atoms with Gasteiger partial charge in [-0.25, -0.2) is 23.1 Å². The molecule has 0 aliphatic rings. The summed E-state index contributed by atoms with van der Waals surface area (Å²) in [5.74, 6) is -1.84. The number of imidazole rings is 2. The van der Waals surface area contributed by atoms with Gasteiger partial charge in [0.1, 0.15) is 29.2 Å². The predicted octanol–water partition coefficient (Wildman–Crippen LogP) is 9.68. The SMILES string of the molecule is Cc1ccc(-c2c[n+]([O-])c(-c3ccc(C(F)(F)F)cc3F)n2C)cc1.Cc1ccc(-c2cnc(-c3ccc(C(F)(F)F)cc3F)n2C)cc1.[Fe]. The molecule has 0 unspecified atom stereocenters. The summed E-state index contributed by atoms with van der Waals surface area (Å²) in [6.45, 7) is 3.89. The van der Waals surface area contributed by atoms with Crippen molar-refractivity contribution >= 4 is 0 Å². The number of nitrogens with zero attached hydrogens (tertiary/aromatic N) is 4. The Kier molecular flexibility index (Phi) is 11.0. The summed E-state index contributed by atoms with van der Waals surface area (Å²) in [7, 11) is 3.27. The molecule has 50 heavy (non-hydrogen) atoms. The maximum atomic E-state index is 14.2. The van der Waals surface area contributed by atoms with Gasteiger partial charge < -0.3 is 9.77 Å². The van der Waals surface area contributed by atoms with Gasteiger partial charge in [-0.1, -0.05) is 59.7 Å². The Morgan fingerprint density at radius 3 is 1.50 bits per heavy atom. The molecule has 0 saturated heterocycles. The number of hydrogen-bond acceptors (Lipinski definition) is 2. The van der Waals surface area contributed by atoms with Crippen molar-refractivity contribution in [2.75, 3.05) is 0 Å². The molecular weight excluding hydrogens is 712 g/mol. The van der Waals surface area contributed by atoms with Crippen molar-refractivity contribution in [2.24, 2.45) is 14.1 Å². The van der Waals surface area contributed by atoms with Crippen LogP contribution in [0.3, 0.4) is 0 Å². The molecule has 6 aromatic rings. The molecule has 262 valence electrons. The quantitative estimate of drug-likeness (QED) is 0.0783. The van der Waals surface area contributed by atoms with Gasteiger partial charge in [0.05, 0.1) is 35.6 Å². The van der Waals surface area contributed by atoms with Crippen LogP contribution in [0.15, 0.2) is 97.3 Å². The Morgan fingerprint density at radius 2 is 1.06 bits per heavy atom. The van der Waals surface area contributed by atoms with Crippen LogP contribution in [-0.4, -0.2) is 14.1 Å². The van der Waals surface area contributed by atoms with Crippen LogP contribution >= 0.6 is 0 Å². The van der Waals surface area contributed by atoms with E-state index in [4.69, 9.17) is 0 Å². The second-order valence-corrected chi connectivity index (χ2v) is 11.4. The van der Waals surface area contributed by atoms with Gasteiger partial charge in [0.25, 0.3) is 5.82 Å². The van der Waals surface area contributed by atoms with E-state index in [-0.39, 0.29) is 39.8 Å². The van der Waals surface area contributed by atoms with Gasteiger partial charge in [0.2, 0.25) is 0 Å². The summed E-state index contributed by atoms with van der Waals surface area (Å²) in [5, 5.41) is 12.2. The number of alkyl halides is 6. The number of aromatic nitrogens is 4. The second-order valence-electron chi connectivity index (χ2n) is 11.4. The molecule has 0 fully saturated rings. The van der Waals surface area contributed by atoms with Crippen molar-refractivity contribution in [1.82, 2.24) is 14.1 Å². The summed E-state index contributed by atoms with van der Waals surface area (Å²) in [5.41, 5.74) is 2.81. The molecule has 0 aliphatic carbocycles. The average Bonchev–Trinajstić information content (AvgIpc) is 3.55. The Labute approximate surface area is 292 Å². The summed E-state index contributed by atoms with van der Waals surface area (Å²) in [6, 6.07) is 19.7. The first-order chi connectivity index (χ1) is 23.0. The van der Waals surface area contributed by atoms with Crippen LogP contribution in [0.25, 0.3) is 45.3 Å². The zero-order valence-corrected chi connectivity index (χ0v) is 27.9. The van der Waals surface area contributed by atoms with E-state index < -0.39 is 35.1 Å². The first kappa shape index (κ1) is 37.9. The minimum Gasteiger partial charge on any atom is -0.710 e. The number of benzene rings is 4. The first-order valence-electron chi connectivity index (χ1n) is 14.6. The normalized spacial score (nSPS) is 11.5. The predicted molar refractivity (Wildman–Crippen MR) is 169 cm³/mol. The molecule has 2 heterocycles. The minimum absolute atomic E-state index is 0. The third kappa shape index (κ3) is 7.92. The minimum atomic E-state index is -4.64. The fourth-order valence-corrected chi connectivity index (χ4v) is 5.21. The van der Waals surface area contributed by atoms with Crippen molar-refractivity contribution in [3.8, 4) is 45.3 Å². The monoisotopic (exact) mass is 740 g/mol. The van der Waals surface area contributed by atoms with Crippen molar-refractivity contribution in [2.45, 2.75) is 26.2 Å².